The lowest BCUT2D eigenvalue weighted by Gasteiger charge is -2.14. The first kappa shape index (κ1) is 20.3. The normalized spacial score (nSPS) is 21.5. The van der Waals surface area contributed by atoms with Crippen molar-refractivity contribution in [2.24, 2.45) is 15.3 Å². The predicted octanol–water partition coefficient (Wildman–Crippen LogP) is 4.51. The molecule has 8 heteroatoms. The quantitative estimate of drug-likeness (QED) is 0.651. The van der Waals surface area contributed by atoms with Crippen molar-refractivity contribution in [1.82, 2.24) is 25.1 Å². The molecule has 1 saturated heterocycles. The van der Waals surface area contributed by atoms with E-state index in [-0.39, 0.29) is 0 Å². The minimum absolute atomic E-state index is 0.431. The number of nitrogens with zero attached hydrogens (tertiary/aromatic N) is 7. The average Bonchev–Trinajstić information content (AvgIpc) is 3.58. The number of allylic oxidation sites excluding steroid dienone is 2. The molecule has 1 unspecified atom stereocenters. The lowest BCUT2D eigenvalue weighted by molar-refractivity contribution is 0.370. The van der Waals surface area contributed by atoms with Crippen LogP contribution >= 0.6 is 0 Å². The number of amidine groups is 1. The zero-order valence-electron chi connectivity index (χ0n) is 18.3. The van der Waals surface area contributed by atoms with Crippen LogP contribution in [0.2, 0.25) is 0 Å². The topological polar surface area (TPSA) is 83.1 Å². The molecule has 0 saturated carbocycles. The summed E-state index contributed by atoms with van der Waals surface area (Å²) in [7, 11) is 0. The SMILES string of the molecule is CC=C1/C(=N\C=C(/C)c2cnn(C3CCNC3)c2)N=NN1Cc1ccc2ncccc2c1. The van der Waals surface area contributed by atoms with Gasteiger partial charge in [-0.1, -0.05) is 23.4 Å². The molecule has 1 atom stereocenters. The number of hydrogen-bond acceptors (Lipinski definition) is 6. The van der Waals surface area contributed by atoms with Gasteiger partial charge >= 0.3 is 0 Å². The monoisotopic (exact) mass is 426 g/mol. The van der Waals surface area contributed by atoms with Gasteiger partial charge in [0.05, 0.1) is 24.3 Å². The third-order valence-corrected chi connectivity index (χ3v) is 5.87. The maximum atomic E-state index is 4.63. The van der Waals surface area contributed by atoms with Crippen LogP contribution < -0.4 is 5.32 Å². The van der Waals surface area contributed by atoms with Crippen LogP contribution in [0.15, 0.2) is 82.2 Å². The molecule has 3 aromatic rings. The number of aliphatic imine (C=N–C) groups is 1. The molecule has 1 aromatic carbocycles. The molecule has 0 radical (unpaired) electrons. The Labute approximate surface area is 187 Å². The molecular formula is C24H26N8. The second-order valence-corrected chi connectivity index (χ2v) is 8.07. The summed E-state index contributed by atoms with van der Waals surface area (Å²) in [6, 6.07) is 10.7. The van der Waals surface area contributed by atoms with Crippen LogP contribution in [0.1, 0.15) is 37.4 Å². The molecule has 1 N–H and O–H groups in total. The van der Waals surface area contributed by atoms with Gasteiger partial charge in [0, 0.05) is 36.1 Å². The van der Waals surface area contributed by atoms with E-state index in [0.29, 0.717) is 18.4 Å². The zero-order valence-corrected chi connectivity index (χ0v) is 18.3. The number of rotatable bonds is 5. The summed E-state index contributed by atoms with van der Waals surface area (Å²) >= 11 is 0. The Bertz CT molecular complexity index is 1240. The van der Waals surface area contributed by atoms with Gasteiger partial charge in [0.2, 0.25) is 5.84 Å². The number of pyridine rings is 1. The van der Waals surface area contributed by atoms with Crippen molar-refractivity contribution in [3.05, 3.63) is 78.0 Å². The molecule has 0 amide bonds. The van der Waals surface area contributed by atoms with E-state index < -0.39 is 0 Å². The molecule has 5 rings (SSSR count). The van der Waals surface area contributed by atoms with Gasteiger partial charge in [0.15, 0.2) is 0 Å². The Morgan fingerprint density at radius 3 is 3.09 bits per heavy atom. The molecule has 1 fully saturated rings. The van der Waals surface area contributed by atoms with Crippen molar-refractivity contribution in [1.29, 1.82) is 0 Å². The summed E-state index contributed by atoms with van der Waals surface area (Å²) in [6.07, 6.45) is 10.8. The fraction of sp³-hybridized carbons (Fsp3) is 0.292. The standard InChI is InChI=1S/C24H26N8/c1-3-23-24(27-12-17(2)20-13-28-31(16-20)21-8-10-25-14-21)29-30-32(23)15-18-6-7-22-19(11-18)5-4-9-26-22/h3-7,9,11-13,16,21,25H,8,10,14-15H2,1-2H3/b17-12+,23-3?,27-24+. The van der Waals surface area contributed by atoms with E-state index in [1.165, 1.54) is 0 Å². The van der Waals surface area contributed by atoms with Crippen LogP contribution in [0.4, 0.5) is 0 Å². The van der Waals surface area contributed by atoms with Crippen LogP contribution in [0.25, 0.3) is 16.5 Å². The van der Waals surface area contributed by atoms with Gasteiger partial charge in [-0.3, -0.25) is 9.67 Å². The van der Waals surface area contributed by atoms with Gasteiger partial charge in [-0.2, -0.15) is 5.10 Å². The number of benzene rings is 1. The molecule has 32 heavy (non-hydrogen) atoms. The molecule has 162 valence electrons. The van der Waals surface area contributed by atoms with Crippen LogP contribution in [0.3, 0.4) is 0 Å². The highest BCUT2D eigenvalue weighted by Gasteiger charge is 2.21. The molecular weight excluding hydrogens is 400 g/mol. The van der Waals surface area contributed by atoms with Crippen molar-refractivity contribution in [3.8, 4) is 0 Å². The van der Waals surface area contributed by atoms with E-state index in [2.05, 4.69) is 55.1 Å². The van der Waals surface area contributed by atoms with Gasteiger partial charge < -0.3 is 5.32 Å². The summed E-state index contributed by atoms with van der Waals surface area (Å²) in [5.41, 5.74) is 5.14. The summed E-state index contributed by atoms with van der Waals surface area (Å²) in [5.74, 6) is 0.613. The average molecular weight is 427 g/mol. The van der Waals surface area contributed by atoms with E-state index in [1.807, 2.05) is 60.3 Å². The van der Waals surface area contributed by atoms with Gasteiger partial charge in [-0.05, 0) is 56.1 Å². The largest absolute Gasteiger partial charge is 0.315 e. The minimum Gasteiger partial charge on any atom is -0.315 e. The summed E-state index contributed by atoms with van der Waals surface area (Å²) in [6.45, 7) is 6.67. The smallest absolute Gasteiger partial charge is 0.201 e. The first-order valence-electron chi connectivity index (χ1n) is 10.9. The molecule has 0 aliphatic carbocycles. The molecule has 2 aliphatic heterocycles. The number of aromatic nitrogens is 3. The second kappa shape index (κ2) is 8.84. The maximum Gasteiger partial charge on any atom is 0.201 e. The number of nitrogens with one attached hydrogen (secondary N) is 1. The zero-order chi connectivity index (χ0) is 21.9. The second-order valence-electron chi connectivity index (χ2n) is 8.07. The van der Waals surface area contributed by atoms with E-state index in [1.54, 1.807) is 0 Å². The molecule has 2 aliphatic rings. The number of hydrogen-bond donors (Lipinski definition) is 1. The Balaban J connectivity index is 1.30. The van der Waals surface area contributed by atoms with Gasteiger partial charge in [-0.15, -0.1) is 5.11 Å². The lowest BCUT2D eigenvalue weighted by Crippen LogP contribution is -2.15. The molecule has 0 spiro atoms. The molecule has 0 bridgehead atoms. The summed E-state index contributed by atoms with van der Waals surface area (Å²) in [4.78, 5) is 9.01. The predicted molar refractivity (Wildman–Crippen MR) is 126 cm³/mol. The Kier molecular flexibility index (Phi) is 5.60. The van der Waals surface area contributed by atoms with E-state index in [4.69, 9.17) is 0 Å². The Morgan fingerprint density at radius 1 is 1.31 bits per heavy atom. The highest BCUT2D eigenvalue weighted by Crippen LogP contribution is 2.24. The third-order valence-electron chi connectivity index (χ3n) is 5.87. The van der Waals surface area contributed by atoms with Crippen molar-refractivity contribution < 1.29 is 0 Å². The first-order valence-corrected chi connectivity index (χ1v) is 10.9. The maximum absolute atomic E-state index is 4.63. The molecule has 4 heterocycles. The van der Waals surface area contributed by atoms with E-state index >= 15 is 0 Å². The summed E-state index contributed by atoms with van der Waals surface area (Å²) in [5, 5.41) is 19.6. The first-order chi connectivity index (χ1) is 15.7. The van der Waals surface area contributed by atoms with Gasteiger partial charge in [0.25, 0.3) is 0 Å². The van der Waals surface area contributed by atoms with Crippen LogP contribution in [-0.2, 0) is 6.54 Å². The van der Waals surface area contributed by atoms with Crippen LogP contribution in [0, 0.1) is 0 Å². The van der Waals surface area contributed by atoms with E-state index in [0.717, 1.165) is 52.8 Å². The molecule has 2 aromatic heterocycles. The van der Waals surface area contributed by atoms with Gasteiger partial charge in [-0.25, -0.2) is 10.0 Å². The Hall–Kier alpha value is -3.65. The lowest BCUT2D eigenvalue weighted by atomic mass is 10.1. The summed E-state index contributed by atoms with van der Waals surface area (Å²) < 4.78 is 2.05. The molecule has 8 nitrogen and oxygen atoms in total. The fourth-order valence-electron chi connectivity index (χ4n) is 4.03. The van der Waals surface area contributed by atoms with Gasteiger partial charge in [0.1, 0.15) is 5.70 Å². The van der Waals surface area contributed by atoms with Crippen molar-refractivity contribution in [3.63, 3.8) is 0 Å². The van der Waals surface area contributed by atoms with Crippen LogP contribution in [-0.4, -0.2) is 38.7 Å². The number of fused-ring (bicyclic) bond motifs is 1. The fourth-order valence-corrected chi connectivity index (χ4v) is 4.03. The van der Waals surface area contributed by atoms with Crippen LogP contribution in [0.5, 0.6) is 0 Å². The highest BCUT2D eigenvalue weighted by atomic mass is 15.6. The third kappa shape index (κ3) is 4.09. The Morgan fingerprint density at radius 2 is 2.25 bits per heavy atom. The van der Waals surface area contributed by atoms with E-state index in [9.17, 15) is 0 Å². The minimum atomic E-state index is 0.431. The highest BCUT2D eigenvalue weighted by molar-refractivity contribution is 5.99. The van der Waals surface area contributed by atoms with Crippen molar-refractivity contribution >= 4 is 22.3 Å². The van der Waals surface area contributed by atoms with Crippen molar-refractivity contribution in [2.75, 3.05) is 13.1 Å². The van der Waals surface area contributed by atoms with Crippen molar-refractivity contribution in [2.45, 2.75) is 32.9 Å².